The molecule has 0 unspecified atom stereocenters. The van der Waals surface area contributed by atoms with E-state index in [1.807, 2.05) is 54.8 Å². The van der Waals surface area contributed by atoms with Crippen LogP contribution in [0, 0.1) is 0 Å². The Bertz CT molecular complexity index is 705. The van der Waals surface area contributed by atoms with Crippen molar-refractivity contribution in [1.29, 1.82) is 0 Å². The Labute approximate surface area is 141 Å². The summed E-state index contributed by atoms with van der Waals surface area (Å²) in [4.78, 5) is 23.9. The summed E-state index contributed by atoms with van der Waals surface area (Å²) < 4.78 is 6.99. The van der Waals surface area contributed by atoms with Crippen molar-refractivity contribution in [2.24, 2.45) is 0 Å². The van der Waals surface area contributed by atoms with Crippen LogP contribution in [0.5, 0.6) is 0 Å². The van der Waals surface area contributed by atoms with Crippen molar-refractivity contribution in [3.8, 4) is 11.1 Å². The molecule has 2 rings (SSSR count). The number of rotatable bonds is 7. The van der Waals surface area contributed by atoms with Crippen LogP contribution in [0.4, 0.5) is 0 Å². The number of methoxy groups -OCH3 is 1. The molecule has 2 aromatic rings. The second-order valence-electron chi connectivity index (χ2n) is 5.60. The van der Waals surface area contributed by atoms with E-state index in [-0.39, 0.29) is 5.92 Å². The molecule has 1 aromatic carbocycles. The highest BCUT2D eigenvalue weighted by Gasteiger charge is 2.26. The van der Waals surface area contributed by atoms with Crippen molar-refractivity contribution in [3.05, 3.63) is 47.8 Å². The molecule has 0 radical (unpaired) electrons. The maximum atomic E-state index is 12.4. The van der Waals surface area contributed by atoms with Crippen LogP contribution in [0.1, 0.15) is 35.9 Å². The first kappa shape index (κ1) is 17.4. The fourth-order valence-electron chi connectivity index (χ4n) is 2.65. The van der Waals surface area contributed by atoms with Gasteiger partial charge in [-0.3, -0.25) is 9.59 Å². The molecule has 0 atom stereocenters. The predicted molar refractivity (Wildman–Crippen MR) is 91.0 cm³/mol. The maximum absolute atomic E-state index is 12.4. The molecule has 5 heteroatoms. The Balaban J connectivity index is 2.69. The van der Waals surface area contributed by atoms with Gasteiger partial charge in [-0.25, -0.2) is 0 Å². The van der Waals surface area contributed by atoms with Gasteiger partial charge in [0.25, 0.3) is 11.0 Å². The average molecular weight is 334 g/mol. The Morgan fingerprint density at radius 3 is 2.39 bits per heavy atom. The molecule has 0 amide bonds. The summed E-state index contributed by atoms with van der Waals surface area (Å²) in [7, 11) is 1.60. The van der Waals surface area contributed by atoms with Crippen LogP contribution >= 0.6 is 11.6 Å². The van der Waals surface area contributed by atoms with E-state index in [0.29, 0.717) is 18.8 Å². The van der Waals surface area contributed by atoms with Crippen molar-refractivity contribution in [3.63, 3.8) is 0 Å². The minimum Gasteiger partial charge on any atom is -0.383 e. The van der Waals surface area contributed by atoms with Gasteiger partial charge >= 0.3 is 0 Å². The SMILES string of the molecule is COCCn1c(C(C)C)cc(-c2ccccc2)c1C(=O)C(=O)Cl. The third-order valence-electron chi connectivity index (χ3n) is 3.72. The Hall–Kier alpha value is -1.91. The molecule has 0 aliphatic heterocycles. The molecule has 0 saturated carbocycles. The molecular formula is C18H20ClNO3. The number of carbonyl (C=O) groups excluding carboxylic acids is 2. The monoisotopic (exact) mass is 333 g/mol. The fourth-order valence-corrected chi connectivity index (χ4v) is 2.74. The summed E-state index contributed by atoms with van der Waals surface area (Å²) in [5.74, 6) is -0.491. The van der Waals surface area contributed by atoms with E-state index in [2.05, 4.69) is 0 Å². The van der Waals surface area contributed by atoms with Gasteiger partial charge in [0, 0.05) is 24.9 Å². The molecule has 1 aromatic heterocycles. The van der Waals surface area contributed by atoms with Crippen LogP contribution in [0.25, 0.3) is 11.1 Å². The number of Topliss-reactive ketones (excluding diaryl/α,β-unsaturated/α-hetero) is 1. The highest BCUT2D eigenvalue weighted by atomic mass is 35.5. The molecule has 0 aliphatic rings. The van der Waals surface area contributed by atoms with Gasteiger partial charge in [0.05, 0.1) is 6.61 Å². The third-order valence-corrected chi connectivity index (χ3v) is 3.89. The van der Waals surface area contributed by atoms with Gasteiger partial charge in [0.1, 0.15) is 5.69 Å². The first-order valence-corrected chi connectivity index (χ1v) is 7.87. The number of ether oxygens (including phenoxy) is 1. The van der Waals surface area contributed by atoms with Gasteiger partial charge in [-0.15, -0.1) is 0 Å². The summed E-state index contributed by atoms with van der Waals surface area (Å²) in [5.41, 5.74) is 2.91. The number of ketones is 1. The minimum atomic E-state index is -0.978. The standard InChI is InChI=1S/C18H20ClNO3/c1-12(2)15-11-14(13-7-5-4-6-8-13)16(17(21)18(19)22)20(15)9-10-23-3/h4-8,11-12H,9-10H2,1-3H3. The van der Waals surface area contributed by atoms with E-state index >= 15 is 0 Å². The van der Waals surface area contributed by atoms with Gasteiger partial charge in [-0.1, -0.05) is 44.2 Å². The van der Waals surface area contributed by atoms with Crippen molar-refractivity contribution in [2.75, 3.05) is 13.7 Å². The zero-order valence-corrected chi connectivity index (χ0v) is 14.3. The summed E-state index contributed by atoms with van der Waals surface area (Å²) in [6.07, 6.45) is 0. The molecule has 122 valence electrons. The van der Waals surface area contributed by atoms with Crippen molar-refractivity contribution in [1.82, 2.24) is 4.57 Å². The molecule has 0 fully saturated rings. The number of carbonyl (C=O) groups is 2. The van der Waals surface area contributed by atoms with E-state index in [1.165, 1.54) is 0 Å². The maximum Gasteiger partial charge on any atom is 0.294 e. The van der Waals surface area contributed by atoms with Crippen LogP contribution < -0.4 is 0 Å². The normalized spacial score (nSPS) is 11.0. The minimum absolute atomic E-state index is 0.196. The van der Waals surface area contributed by atoms with Crippen LogP contribution in [0.2, 0.25) is 0 Å². The highest BCUT2D eigenvalue weighted by molar-refractivity contribution is 6.83. The summed E-state index contributed by atoms with van der Waals surface area (Å²) >= 11 is 5.48. The molecule has 0 saturated heterocycles. The van der Waals surface area contributed by atoms with Gasteiger partial charge in [-0.2, -0.15) is 0 Å². The van der Waals surface area contributed by atoms with Gasteiger partial charge in [0.2, 0.25) is 0 Å². The van der Waals surface area contributed by atoms with Gasteiger partial charge in [-0.05, 0) is 29.1 Å². The van der Waals surface area contributed by atoms with Crippen LogP contribution in [-0.4, -0.2) is 29.3 Å². The lowest BCUT2D eigenvalue weighted by atomic mass is 10.0. The number of hydrogen-bond acceptors (Lipinski definition) is 3. The molecule has 0 bridgehead atoms. The first-order chi connectivity index (χ1) is 11.0. The molecule has 23 heavy (non-hydrogen) atoms. The molecule has 0 N–H and O–H groups in total. The lowest BCUT2D eigenvalue weighted by molar-refractivity contribution is -0.108. The molecular weight excluding hydrogens is 314 g/mol. The number of nitrogens with zero attached hydrogens (tertiary/aromatic N) is 1. The Kier molecular flexibility index (Phi) is 5.74. The van der Waals surface area contributed by atoms with Crippen molar-refractivity contribution in [2.45, 2.75) is 26.3 Å². The highest BCUT2D eigenvalue weighted by Crippen LogP contribution is 2.31. The molecule has 0 aliphatic carbocycles. The lowest BCUT2D eigenvalue weighted by Gasteiger charge is -2.14. The topological polar surface area (TPSA) is 48.3 Å². The number of hydrogen-bond donors (Lipinski definition) is 0. The average Bonchev–Trinajstić information content (AvgIpc) is 2.92. The second kappa shape index (κ2) is 7.57. The van der Waals surface area contributed by atoms with E-state index < -0.39 is 11.0 Å². The quantitative estimate of drug-likeness (QED) is 0.439. The zero-order chi connectivity index (χ0) is 17.0. The third kappa shape index (κ3) is 3.71. The molecule has 4 nitrogen and oxygen atoms in total. The van der Waals surface area contributed by atoms with Crippen LogP contribution in [0.3, 0.4) is 0 Å². The van der Waals surface area contributed by atoms with Crippen molar-refractivity contribution < 1.29 is 14.3 Å². The van der Waals surface area contributed by atoms with E-state index in [1.54, 1.807) is 7.11 Å². The van der Waals surface area contributed by atoms with Gasteiger partial charge < -0.3 is 9.30 Å². The summed E-state index contributed by atoms with van der Waals surface area (Å²) in [6.45, 7) is 5.02. The lowest BCUT2D eigenvalue weighted by Crippen LogP contribution is -2.19. The van der Waals surface area contributed by atoms with E-state index in [9.17, 15) is 9.59 Å². The van der Waals surface area contributed by atoms with Crippen LogP contribution in [-0.2, 0) is 16.1 Å². The number of halogens is 1. The van der Waals surface area contributed by atoms with E-state index in [0.717, 1.165) is 16.8 Å². The second-order valence-corrected chi connectivity index (χ2v) is 5.94. The van der Waals surface area contributed by atoms with Crippen molar-refractivity contribution >= 4 is 22.6 Å². The predicted octanol–water partition coefficient (Wildman–Crippen LogP) is 3.87. The molecule has 0 spiro atoms. The summed E-state index contributed by atoms with van der Waals surface area (Å²) in [6, 6.07) is 11.5. The summed E-state index contributed by atoms with van der Waals surface area (Å²) in [5, 5.41) is -0.978. The Morgan fingerprint density at radius 2 is 1.87 bits per heavy atom. The fraction of sp³-hybridized carbons (Fsp3) is 0.333. The number of benzene rings is 1. The molecule has 1 heterocycles. The zero-order valence-electron chi connectivity index (χ0n) is 13.5. The smallest absolute Gasteiger partial charge is 0.294 e. The number of aromatic nitrogens is 1. The van der Waals surface area contributed by atoms with Crippen LogP contribution in [0.15, 0.2) is 36.4 Å². The van der Waals surface area contributed by atoms with E-state index in [4.69, 9.17) is 16.3 Å². The first-order valence-electron chi connectivity index (χ1n) is 7.49. The largest absolute Gasteiger partial charge is 0.383 e. The Morgan fingerprint density at radius 1 is 1.22 bits per heavy atom. The van der Waals surface area contributed by atoms with Gasteiger partial charge in [0.15, 0.2) is 0 Å².